The summed E-state index contributed by atoms with van der Waals surface area (Å²) in [6.07, 6.45) is -12.1. The minimum atomic E-state index is -5.46. The van der Waals surface area contributed by atoms with Gasteiger partial charge in [0.25, 0.3) is 0 Å². The van der Waals surface area contributed by atoms with Gasteiger partial charge in [-0.25, -0.2) is 23.5 Å². The first kappa shape index (κ1) is 28.2. The van der Waals surface area contributed by atoms with E-state index in [2.05, 4.69) is 23.3 Å². The van der Waals surface area contributed by atoms with Gasteiger partial charge in [0.15, 0.2) is 12.2 Å². The Labute approximate surface area is 169 Å². The van der Waals surface area contributed by atoms with Crippen LogP contribution in [0.1, 0.15) is 19.8 Å². The van der Waals surface area contributed by atoms with Crippen LogP contribution >= 0.6 is 23.5 Å². The normalized spacial score (nSPS) is 31.1. The molecule has 0 aromatic rings. The maximum absolute atomic E-state index is 11.4. The smallest absolute Gasteiger partial charge is 0.373 e. The van der Waals surface area contributed by atoms with Gasteiger partial charge in [-0.1, -0.05) is 13.3 Å². The molecule has 0 heterocycles. The lowest BCUT2D eigenvalue weighted by atomic mass is 9.84. The number of unbranched alkanes of at least 4 members (excludes halogenated alkanes) is 1. The molecule has 0 aliphatic heterocycles. The molecule has 6 atom stereocenters. The van der Waals surface area contributed by atoms with Crippen molar-refractivity contribution in [3.8, 4) is 0 Å². The highest BCUT2D eigenvalue weighted by Crippen LogP contribution is 2.50. The first-order valence-corrected chi connectivity index (χ1v) is 12.7. The summed E-state index contributed by atoms with van der Waals surface area (Å²) in [6.45, 7) is 1.51. The number of ether oxygens (including phenoxy) is 1. The summed E-state index contributed by atoms with van der Waals surface area (Å²) in [6, 6.07) is 0. The SMILES string of the molecule is CCCCOC1C(OP(=O)(O)O)[C@H](OO)C(OO)[C@H](OP(=O)(O)O)[C@@H]1OP(=O)(O)O. The van der Waals surface area contributed by atoms with Crippen LogP contribution < -0.4 is 0 Å². The molecule has 0 aromatic heterocycles. The third-order valence-corrected chi connectivity index (χ3v) is 5.33. The van der Waals surface area contributed by atoms with Crippen LogP contribution in [0.4, 0.5) is 0 Å². The van der Waals surface area contributed by atoms with Gasteiger partial charge in [-0.05, 0) is 6.42 Å². The summed E-state index contributed by atoms with van der Waals surface area (Å²) >= 11 is 0. The van der Waals surface area contributed by atoms with E-state index < -0.39 is 60.1 Å². The first-order valence-electron chi connectivity index (χ1n) is 8.07. The fourth-order valence-corrected chi connectivity index (χ4v) is 4.42. The van der Waals surface area contributed by atoms with E-state index >= 15 is 0 Å². The Morgan fingerprint density at radius 1 is 0.633 bits per heavy atom. The van der Waals surface area contributed by atoms with Crippen LogP contribution in [0.25, 0.3) is 0 Å². The van der Waals surface area contributed by atoms with Crippen LogP contribution in [0.15, 0.2) is 0 Å². The van der Waals surface area contributed by atoms with Gasteiger partial charge in [-0.3, -0.25) is 24.1 Å². The molecular formula is C10H23O17P3. The van der Waals surface area contributed by atoms with Gasteiger partial charge in [-0.15, -0.1) is 0 Å². The third kappa shape index (κ3) is 8.94. The number of hydrogen-bond acceptors (Lipinski definition) is 11. The van der Waals surface area contributed by atoms with E-state index in [4.69, 9.17) is 34.8 Å². The molecule has 8 N–H and O–H groups in total. The van der Waals surface area contributed by atoms with Crippen molar-refractivity contribution < 1.29 is 81.7 Å². The lowest BCUT2D eigenvalue weighted by molar-refractivity contribution is -0.398. The Morgan fingerprint density at radius 3 is 1.27 bits per heavy atom. The summed E-state index contributed by atoms with van der Waals surface area (Å²) in [5.41, 5.74) is 0. The van der Waals surface area contributed by atoms with Gasteiger partial charge in [0.2, 0.25) is 0 Å². The van der Waals surface area contributed by atoms with Gasteiger partial charge in [0.1, 0.15) is 24.4 Å². The zero-order valence-corrected chi connectivity index (χ0v) is 17.9. The Bertz CT molecular complexity index is 669. The van der Waals surface area contributed by atoms with Gasteiger partial charge < -0.3 is 34.1 Å². The quantitative estimate of drug-likeness (QED) is 0.0703. The average Bonchev–Trinajstić information content (AvgIpc) is 2.55. The van der Waals surface area contributed by atoms with E-state index in [1.165, 1.54) is 0 Å². The summed E-state index contributed by atoms with van der Waals surface area (Å²) in [5.74, 6) is 0. The van der Waals surface area contributed by atoms with Crippen LogP contribution in [0.3, 0.4) is 0 Å². The van der Waals surface area contributed by atoms with E-state index in [-0.39, 0.29) is 6.61 Å². The second-order valence-electron chi connectivity index (χ2n) is 6.01. The largest absolute Gasteiger partial charge is 0.470 e. The van der Waals surface area contributed by atoms with E-state index in [0.717, 1.165) is 0 Å². The fourth-order valence-electron chi connectivity index (χ4n) is 2.75. The number of phosphoric ester groups is 3. The highest BCUT2D eigenvalue weighted by molar-refractivity contribution is 7.46. The molecule has 0 amide bonds. The summed E-state index contributed by atoms with van der Waals surface area (Å²) < 4.78 is 52.7. The summed E-state index contributed by atoms with van der Waals surface area (Å²) in [7, 11) is -16.3. The zero-order chi connectivity index (χ0) is 23.3. The fraction of sp³-hybridized carbons (Fsp3) is 1.00. The molecule has 3 unspecified atom stereocenters. The standard InChI is InChI=1S/C10H23O17P3/c1-2-3-4-22-5-8(25-28(13,14)15)6(23-11)7(24-12)10(27-30(19,20)21)9(5)26-29(16,17)18/h5-12H,2-4H2,1H3,(H2,13,14,15)(H2,16,17,18)(H2,19,20,21)/t5?,6-,7?,8?,9-,10+/m1/s1. The number of hydrogen-bond donors (Lipinski definition) is 8. The van der Waals surface area contributed by atoms with Crippen molar-refractivity contribution in [1.29, 1.82) is 0 Å². The molecule has 0 spiro atoms. The maximum Gasteiger partial charge on any atom is 0.470 e. The van der Waals surface area contributed by atoms with Crippen LogP contribution in [-0.2, 0) is 41.8 Å². The van der Waals surface area contributed by atoms with Crippen molar-refractivity contribution in [2.24, 2.45) is 0 Å². The van der Waals surface area contributed by atoms with Crippen molar-refractivity contribution in [2.45, 2.75) is 56.4 Å². The molecule has 1 fully saturated rings. The van der Waals surface area contributed by atoms with Crippen molar-refractivity contribution in [1.82, 2.24) is 0 Å². The zero-order valence-electron chi connectivity index (χ0n) is 15.2. The predicted octanol–water partition coefficient (Wildman–Crippen LogP) is -0.665. The molecule has 1 saturated carbocycles. The molecular weight excluding hydrogens is 485 g/mol. The van der Waals surface area contributed by atoms with E-state index in [1.807, 2.05) is 0 Å². The van der Waals surface area contributed by atoms with Crippen molar-refractivity contribution in [3.63, 3.8) is 0 Å². The van der Waals surface area contributed by atoms with Gasteiger partial charge >= 0.3 is 23.5 Å². The molecule has 0 bridgehead atoms. The van der Waals surface area contributed by atoms with Crippen molar-refractivity contribution >= 4 is 23.5 Å². The Balaban J connectivity index is 3.54. The second kappa shape index (κ2) is 11.3. The monoisotopic (exact) mass is 508 g/mol. The van der Waals surface area contributed by atoms with Crippen molar-refractivity contribution in [2.75, 3.05) is 6.61 Å². The predicted molar refractivity (Wildman–Crippen MR) is 90.4 cm³/mol. The van der Waals surface area contributed by atoms with Gasteiger partial charge in [0.05, 0.1) is 0 Å². The first-order chi connectivity index (χ1) is 13.6. The lowest BCUT2D eigenvalue weighted by Gasteiger charge is -2.46. The van der Waals surface area contributed by atoms with Gasteiger partial charge in [-0.2, -0.15) is 0 Å². The third-order valence-electron chi connectivity index (χ3n) is 3.77. The highest BCUT2D eigenvalue weighted by atomic mass is 31.2. The van der Waals surface area contributed by atoms with Crippen molar-refractivity contribution in [3.05, 3.63) is 0 Å². The van der Waals surface area contributed by atoms with E-state index in [1.54, 1.807) is 6.92 Å². The number of phosphoric acid groups is 3. The molecule has 180 valence electrons. The lowest BCUT2D eigenvalue weighted by Crippen LogP contribution is -2.66. The second-order valence-corrected chi connectivity index (χ2v) is 9.59. The van der Waals surface area contributed by atoms with E-state index in [0.29, 0.717) is 12.8 Å². The molecule has 1 aliphatic rings. The van der Waals surface area contributed by atoms with Crippen LogP contribution in [-0.4, -0.2) is 83.1 Å². The molecule has 1 aliphatic carbocycles. The average molecular weight is 508 g/mol. The van der Waals surface area contributed by atoms with Crippen LogP contribution in [0.2, 0.25) is 0 Å². The Kier molecular flexibility index (Phi) is 10.6. The van der Waals surface area contributed by atoms with Crippen LogP contribution in [0.5, 0.6) is 0 Å². The Hall–Kier alpha value is 0.130. The number of rotatable bonds is 12. The molecule has 1 rings (SSSR count). The van der Waals surface area contributed by atoms with Crippen LogP contribution in [0, 0.1) is 0 Å². The molecule has 0 aromatic carbocycles. The molecule has 30 heavy (non-hydrogen) atoms. The maximum atomic E-state index is 11.4. The summed E-state index contributed by atoms with van der Waals surface area (Å²) in [5, 5.41) is 18.3. The summed E-state index contributed by atoms with van der Waals surface area (Å²) in [4.78, 5) is 62.8. The van der Waals surface area contributed by atoms with Gasteiger partial charge in [0, 0.05) is 6.61 Å². The minimum absolute atomic E-state index is 0.214. The molecule has 0 radical (unpaired) electrons. The molecule has 0 saturated heterocycles. The molecule has 20 heteroatoms. The Morgan fingerprint density at radius 2 is 0.967 bits per heavy atom. The van der Waals surface area contributed by atoms with E-state index in [9.17, 15) is 23.5 Å². The molecule has 17 nitrogen and oxygen atoms in total. The topological polar surface area (TPSA) is 268 Å². The highest BCUT2D eigenvalue weighted by Gasteiger charge is 2.60. The minimum Gasteiger partial charge on any atom is -0.373 e.